The first kappa shape index (κ1) is 25.1. The Hall–Kier alpha value is -2.52. The smallest absolute Gasteiger partial charge is 0.311 e. The number of nitrogens with one attached hydrogen (secondary N) is 1. The molecular weight excluding hydrogens is 481 g/mol. The number of carbonyl (C=O) groups is 1. The molecule has 1 aromatic rings. The molecule has 0 radical (unpaired) electrons. The van der Waals surface area contributed by atoms with E-state index in [0.717, 1.165) is 68.7 Å². The maximum Gasteiger partial charge on any atom is 0.311 e. The van der Waals surface area contributed by atoms with Crippen molar-refractivity contribution in [1.29, 1.82) is 0 Å². The van der Waals surface area contributed by atoms with Crippen LogP contribution in [0.5, 0.6) is 0 Å². The highest BCUT2D eigenvalue weighted by molar-refractivity contribution is 7.57. The SMILES string of the molecule is O=C(NP(=O)(N1CCCC1)N1CCCC1)C1=C(N2CCOCC2)C(=Cc2cccc([N+](=O)[O-])c2)CC1. The first-order valence-corrected chi connectivity index (χ1v) is 14.5. The molecule has 1 aliphatic carbocycles. The van der Waals surface area contributed by atoms with E-state index in [0.29, 0.717) is 44.7 Å². The second-order valence-corrected chi connectivity index (χ2v) is 12.2. The summed E-state index contributed by atoms with van der Waals surface area (Å²) in [7, 11) is -3.20. The van der Waals surface area contributed by atoms with Gasteiger partial charge in [0.25, 0.3) is 11.6 Å². The van der Waals surface area contributed by atoms with Crippen LogP contribution in [0.1, 0.15) is 44.1 Å². The molecule has 0 aromatic heterocycles. The number of benzene rings is 1. The number of nitrogens with zero attached hydrogens (tertiary/aromatic N) is 4. The van der Waals surface area contributed by atoms with Crippen LogP contribution in [0.25, 0.3) is 6.08 Å². The zero-order chi connectivity index (χ0) is 25.1. The highest BCUT2D eigenvalue weighted by Gasteiger charge is 2.43. The second kappa shape index (κ2) is 10.8. The van der Waals surface area contributed by atoms with Gasteiger partial charge in [0, 0.05) is 62.7 Å². The van der Waals surface area contributed by atoms with Gasteiger partial charge >= 0.3 is 7.59 Å². The van der Waals surface area contributed by atoms with E-state index in [4.69, 9.17) is 4.74 Å². The highest BCUT2D eigenvalue weighted by atomic mass is 31.2. The van der Waals surface area contributed by atoms with E-state index in [1.54, 1.807) is 12.1 Å². The number of amides is 1. The number of nitro groups is 1. The molecule has 3 fully saturated rings. The molecule has 3 saturated heterocycles. The van der Waals surface area contributed by atoms with Gasteiger partial charge in [-0.2, -0.15) is 0 Å². The fourth-order valence-corrected chi connectivity index (χ4v) is 8.32. The van der Waals surface area contributed by atoms with Gasteiger partial charge in [-0.15, -0.1) is 0 Å². The van der Waals surface area contributed by atoms with Crippen LogP contribution >= 0.6 is 7.59 Å². The van der Waals surface area contributed by atoms with Crippen molar-refractivity contribution in [1.82, 2.24) is 19.3 Å². The van der Waals surface area contributed by atoms with Crippen LogP contribution in [0.3, 0.4) is 0 Å². The number of morpholine rings is 1. The Kier molecular flexibility index (Phi) is 7.57. The summed E-state index contributed by atoms with van der Waals surface area (Å²) < 4.78 is 23.8. The number of hydrogen-bond donors (Lipinski definition) is 1. The van der Waals surface area contributed by atoms with Crippen LogP contribution in [0, 0.1) is 10.1 Å². The molecule has 10 nitrogen and oxygen atoms in total. The monoisotopic (exact) mass is 515 g/mol. The van der Waals surface area contributed by atoms with Gasteiger partial charge in [-0.1, -0.05) is 12.1 Å². The van der Waals surface area contributed by atoms with E-state index in [1.165, 1.54) is 6.07 Å². The Balaban J connectivity index is 1.48. The topological polar surface area (TPSA) is 108 Å². The van der Waals surface area contributed by atoms with E-state index in [1.807, 2.05) is 21.5 Å². The maximum absolute atomic E-state index is 14.3. The van der Waals surface area contributed by atoms with Crippen LogP contribution in [0.2, 0.25) is 0 Å². The number of non-ortho nitro benzene ring substituents is 1. The fourth-order valence-electron chi connectivity index (χ4n) is 5.63. The van der Waals surface area contributed by atoms with Crippen LogP contribution in [0.15, 0.2) is 41.1 Å². The van der Waals surface area contributed by atoms with E-state index >= 15 is 0 Å². The molecule has 4 aliphatic rings. The molecule has 0 atom stereocenters. The Morgan fingerprint density at radius 1 is 1.00 bits per heavy atom. The van der Waals surface area contributed by atoms with E-state index in [-0.39, 0.29) is 11.6 Å². The Morgan fingerprint density at radius 2 is 1.64 bits per heavy atom. The molecule has 0 saturated carbocycles. The number of nitro benzene ring substituents is 1. The van der Waals surface area contributed by atoms with Gasteiger partial charge in [0.2, 0.25) is 0 Å². The molecule has 3 heterocycles. The number of allylic oxidation sites excluding steroid dienone is 1. The summed E-state index contributed by atoms with van der Waals surface area (Å²) in [5.74, 6) is -0.263. The summed E-state index contributed by atoms with van der Waals surface area (Å²) >= 11 is 0. The van der Waals surface area contributed by atoms with Crippen molar-refractivity contribution in [2.75, 3.05) is 52.5 Å². The summed E-state index contributed by atoms with van der Waals surface area (Å²) in [5.41, 5.74) is 3.24. The van der Waals surface area contributed by atoms with Crippen LogP contribution < -0.4 is 5.09 Å². The second-order valence-electron chi connectivity index (χ2n) is 9.75. The lowest BCUT2D eigenvalue weighted by Gasteiger charge is -2.35. The predicted octanol–water partition coefficient (Wildman–Crippen LogP) is 3.77. The Morgan fingerprint density at radius 3 is 2.25 bits per heavy atom. The lowest BCUT2D eigenvalue weighted by atomic mass is 10.1. The quantitative estimate of drug-likeness (QED) is 0.332. The summed E-state index contributed by atoms with van der Waals surface area (Å²) in [6, 6.07) is 6.54. The summed E-state index contributed by atoms with van der Waals surface area (Å²) in [5, 5.41) is 14.3. The lowest BCUT2D eigenvalue weighted by Crippen LogP contribution is -2.40. The largest absolute Gasteiger partial charge is 0.378 e. The molecule has 1 aromatic carbocycles. The van der Waals surface area contributed by atoms with Crippen LogP contribution in [-0.4, -0.2) is 77.6 Å². The molecule has 1 amide bonds. The first-order valence-electron chi connectivity index (χ1n) is 12.9. The standard InChI is InChI=1S/C25H34N5O5P/c31-25(26-36(34,28-10-1-2-11-28)29-12-3-4-13-29)23-9-8-21(24(23)27-14-16-35-17-15-27)18-20-6-5-7-22(19-20)30(32)33/h5-7,18-19H,1-4,8-17H2,(H,26,31,34). The zero-order valence-corrected chi connectivity index (χ0v) is 21.5. The van der Waals surface area contributed by atoms with Gasteiger partial charge in [-0.05, 0) is 55.7 Å². The van der Waals surface area contributed by atoms with Crippen LogP contribution in [-0.2, 0) is 14.1 Å². The minimum atomic E-state index is -3.20. The molecule has 3 aliphatic heterocycles. The molecule has 36 heavy (non-hydrogen) atoms. The van der Waals surface area contributed by atoms with Crippen molar-refractivity contribution in [3.8, 4) is 0 Å². The Bertz CT molecular complexity index is 1100. The maximum atomic E-state index is 14.3. The predicted molar refractivity (Wildman–Crippen MR) is 137 cm³/mol. The first-order chi connectivity index (χ1) is 17.5. The lowest BCUT2D eigenvalue weighted by molar-refractivity contribution is -0.384. The average Bonchev–Trinajstić information content (AvgIpc) is 3.67. The normalized spacial score (nSPS) is 23.1. The molecule has 11 heteroatoms. The van der Waals surface area contributed by atoms with Gasteiger partial charge in [-0.3, -0.25) is 24.6 Å². The molecule has 194 valence electrons. The number of hydrogen-bond acceptors (Lipinski definition) is 6. The molecule has 0 spiro atoms. The molecule has 0 bridgehead atoms. The van der Waals surface area contributed by atoms with Gasteiger partial charge < -0.3 is 9.64 Å². The number of ether oxygens (including phenoxy) is 1. The number of carbonyl (C=O) groups excluding carboxylic acids is 1. The number of rotatable bonds is 7. The van der Waals surface area contributed by atoms with Gasteiger partial charge in [0.15, 0.2) is 0 Å². The molecule has 0 unspecified atom stereocenters. The van der Waals surface area contributed by atoms with E-state index in [9.17, 15) is 19.5 Å². The van der Waals surface area contributed by atoms with Crippen molar-refractivity contribution in [3.63, 3.8) is 0 Å². The molecule has 5 rings (SSSR count). The van der Waals surface area contributed by atoms with Crippen molar-refractivity contribution in [2.24, 2.45) is 0 Å². The van der Waals surface area contributed by atoms with E-state index in [2.05, 4.69) is 9.99 Å². The third kappa shape index (κ3) is 5.13. The zero-order valence-electron chi connectivity index (χ0n) is 20.6. The van der Waals surface area contributed by atoms with Crippen LogP contribution in [0.4, 0.5) is 5.69 Å². The van der Waals surface area contributed by atoms with Crippen molar-refractivity contribution >= 4 is 25.3 Å². The van der Waals surface area contributed by atoms with Gasteiger partial charge in [-0.25, -0.2) is 9.34 Å². The van der Waals surface area contributed by atoms with Crippen molar-refractivity contribution in [2.45, 2.75) is 38.5 Å². The Labute approximate surface area is 211 Å². The molecule has 1 N–H and O–H groups in total. The summed E-state index contributed by atoms with van der Waals surface area (Å²) in [4.78, 5) is 26.8. The van der Waals surface area contributed by atoms with Gasteiger partial charge in [0.05, 0.1) is 18.1 Å². The van der Waals surface area contributed by atoms with Crippen molar-refractivity contribution < 1.29 is 19.0 Å². The summed E-state index contributed by atoms with van der Waals surface area (Å²) in [6.07, 6.45) is 7.10. The third-order valence-electron chi connectivity index (χ3n) is 7.44. The fraction of sp³-hybridized carbons (Fsp3) is 0.560. The minimum absolute atomic E-state index is 0.0365. The summed E-state index contributed by atoms with van der Waals surface area (Å²) in [6.45, 7) is 5.42. The van der Waals surface area contributed by atoms with E-state index < -0.39 is 12.5 Å². The van der Waals surface area contributed by atoms with Gasteiger partial charge in [0.1, 0.15) is 0 Å². The van der Waals surface area contributed by atoms with Crippen molar-refractivity contribution in [3.05, 3.63) is 56.8 Å². The minimum Gasteiger partial charge on any atom is -0.378 e. The highest BCUT2D eigenvalue weighted by Crippen LogP contribution is 2.53. The molecular formula is C25H34N5O5P. The average molecular weight is 516 g/mol. The third-order valence-corrected chi connectivity index (χ3v) is 10.3.